The zero-order valence-electron chi connectivity index (χ0n) is 17.9. The number of piperidine rings is 1. The highest BCUT2D eigenvalue weighted by molar-refractivity contribution is 7.10. The highest BCUT2D eigenvalue weighted by Gasteiger charge is 2.30. The van der Waals surface area contributed by atoms with Gasteiger partial charge < -0.3 is 15.7 Å². The van der Waals surface area contributed by atoms with Gasteiger partial charge in [-0.2, -0.15) is 0 Å². The third-order valence-corrected chi connectivity index (χ3v) is 6.42. The van der Waals surface area contributed by atoms with E-state index in [9.17, 15) is 14.7 Å². The predicted molar refractivity (Wildman–Crippen MR) is 121 cm³/mol. The smallest absolute Gasteiger partial charge is 0.234 e. The summed E-state index contributed by atoms with van der Waals surface area (Å²) in [6.45, 7) is 8.13. The van der Waals surface area contributed by atoms with Crippen LogP contribution in [0.4, 0.5) is 5.69 Å². The largest absolute Gasteiger partial charge is 0.506 e. The van der Waals surface area contributed by atoms with Crippen LogP contribution in [0.25, 0.3) is 0 Å². The van der Waals surface area contributed by atoms with Crippen LogP contribution in [0.15, 0.2) is 41.8 Å². The summed E-state index contributed by atoms with van der Waals surface area (Å²) in [7, 11) is 0. The van der Waals surface area contributed by atoms with E-state index in [1.807, 2.05) is 11.4 Å². The number of para-hydroxylation sites is 2. The number of phenolic OH excluding ortho intramolecular Hbond substituents is 1. The molecule has 1 atom stereocenters. The SMILES string of the molecule is CC(C)(C)C(NC(=O)CN1CCC(C(=O)Nc2ccccc2O)CC1)c1cccs1. The molecule has 0 spiro atoms. The molecule has 1 aromatic carbocycles. The zero-order chi connectivity index (χ0) is 21.7. The molecule has 3 N–H and O–H groups in total. The van der Waals surface area contributed by atoms with Gasteiger partial charge in [-0.1, -0.05) is 39.0 Å². The Bertz CT molecular complexity index is 853. The van der Waals surface area contributed by atoms with Crippen LogP contribution in [0.5, 0.6) is 5.75 Å². The minimum absolute atomic E-state index is 0.0143. The van der Waals surface area contributed by atoms with Gasteiger partial charge in [0.05, 0.1) is 18.3 Å². The Hall–Kier alpha value is -2.38. The van der Waals surface area contributed by atoms with Gasteiger partial charge in [0.2, 0.25) is 11.8 Å². The second-order valence-corrected chi connectivity index (χ2v) is 9.92. The van der Waals surface area contributed by atoms with E-state index in [1.54, 1.807) is 35.6 Å². The summed E-state index contributed by atoms with van der Waals surface area (Å²) >= 11 is 1.66. The Kier molecular flexibility index (Phi) is 7.15. The van der Waals surface area contributed by atoms with Crippen molar-refractivity contribution in [1.82, 2.24) is 10.2 Å². The van der Waals surface area contributed by atoms with Crippen molar-refractivity contribution < 1.29 is 14.7 Å². The standard InChI is InChI=1S/C23H31N3O3S/c1-23(2,3)21(19-9-6-14-30-19)25-20(28)15-26-12-10-16(11-13-26)22(29)24-17-7-4-5-8-18(17)27/h4-9,14,16,21,27H,10-13,15H2,1-3H3,(H,24,29)(H,25,28). The number of likely N-dealkylation sites (tertiary alicyclic amines) is 1. The van der Waals surface area contributed by atoms with E-state index >= 15 is 0 Å². The van der Waals surface area contributed by atoms with Gasteiger partial charge in [-0.15, -0.1) is 11.3 Å². The zero-order valence-corrected chi connectivity index (χ0v) is 18.7. The van der Waals surface area contributed by atoms with Crippen LogP contribution in [0.1, 0.15) is 44.5 Å². The lowest BCUT2D eigenvalue weighted by molar-refractivity contribution is -0.124. The number of thiophene rings is 1. The molecule has 1 aromatic heterocycles. The number of nitrogens with zero attached hydrogens (tertiary/aromatic N) is 1. The fraction of sp³-hybridized carbons (Fsp3) is 0.478. The first-order valence-corrected chi connectivity index (χ1v) is 11.3. The first-order chi connectivity index (χ1) is 14.2. The van der Waals surface area contributed by atoms with Gasteiger partial charge in [0, 0.05) is 10.8 Å². The van der Waals surface area contributed by atoms with E-state index < -0.39 is 0 Å². The number of nitrogens with one attached hydrogen (secondary N) is 2. The number of amides is 2. The molecule has 2 amide bonds. The van der Waals surface area contributed by atoms with Gasteiger partial charge in [0.15, 0.2) is 0 Å². The van der Waals surface area contributed by atoms with Crippen LogP contribution in [-0.4, -0.2) is 41.5 Å². The summed E-state index contributed by atoms with van der Waals surface area (Å²) < 4.78 is 0. The van der Waals surface area contributed by atoms with Crippen molar-refractivity contribution in [3.05, 3.63) is 46.7 Å². The monoisotopic (exact) mass is 429 g/mol. The summed E-state index contributed by atoms with van der Waals surface area (Å²) in [5, 5.41) is 17.9. The molecule has 1 saturated heterocycles. The number of hydrogen-bond acceptors (Lipinski definition) is 5. The highest BCUT2D eigenvalue weighted by Crippen LogP contribution is 2.35. The number of rotatable bonds is 6. The molecule has 1 aliphatic rings. The number of carbonyl (C=O) groups excluding carboxylic acids is 2. The maximum atomic E-state index is 12.7. The predicted octanol–water partition coefficient (Wildman–Crippen LogP) is 4.01. The van der Waals surface area contributed by atoms with Gasteiger partial charge in [-0.3, -0.25) is 14.5 Å². The number of benzene rings is 1. The summed E-state index contributed by atoms with van der Waals surface area (Å²) in [4.78, 5) is 28.5. The molecule has 0 aliphatic carbocycles. The Balaban J connectivity index is 1.48. The van der Waals surface area contributed by atoms with E-state index in [1.165, 1.54) is 0 Å². The van der Waals surface area contributed by atoms with E-state index in [2.05, 4.69) is 42.4 Å². The van der Waals surface area contributed by atoms with Gasteiger partial charge >= 0.3 is 0 Å². The molecular formula is C23H31N3O3S. The summed E-state index contributed by atoms with van der Waals surface area (Å²) in [6.07, 6.45) is 1.39. The van der Waals surface area contributed by atoms with Crippen LogP contribution in [0, 0.1) is 11.3 Å². The fourth-order valence-electron chi connectivity index (χ4n) is 3.75. The molecule has 2 heterocycles. The summed E-state index contributed by atoms with van der Waals surface area (Å²) in [5.41, 5.74) is 0.361. The second kappa shape index (κ2) is 9.62. The van der Waals surface area contributed by atoms with Gasteiger partial charge in [0.25, 0.3) is 0 Å². The maximum Gasteiger partial charge on any atom is 0.234 e. The van der Waals surface area contributed by atoms with Crippen LogP contribution in [-0.2, 0) is 9.59 Å². The lowest BCUT2D eigenvalue weighted by atomic mass is 9.85. The van der Waals surface area contributed by atoms with Crippen molar-refractivity contribution in [2.45, 2.75) is 39.7 Å². The molecule has 0 radical (unpaired) electrons. The first kappa shape index (κ1) is 22.3. The number of phenols is 1. The number of anilines is 1. The molecular weight excluding hydrogens is 398 g/mol. The van der Waals surface area contributed by atoms with Crippen molar-refractivity contribution in [1.29, 1.82) is 0 Å². The molecule has 30 heavy (non-hydrogen) atoms. The lowest BCUT2D eigenvalue weighted by Crippen LogP contribution is -2.45. The first-order valence-electron chi connectivity index (χ1n) is 10.4. The summed E-state index contributed by atoms with van der Waals surface area (Å²) in [5.74, 6) is -0.108. The minimum Gasteiger partial charge on any atom is -0.506 e. The number of carbonyl (C=O) groups is 2. The van der Waals surface area contributed by atoms with Crippen molar-refractivity contribution >= 4 is 28.8 Å². The van der Waals surface area contributed by atoms with E-state index in [4.69, 9.17) is 0 Å². The van der Waals surface area contributed by atoms with Crippen LogP contribution in [0.2, 0.25) is 0 Å². The molecule has 2 aromatic rings. The lowest BCUT2D eigenvalue weighted by Gasteiger charge is -2.33. The molecule has 7 heteroatoms. The fourth-order valence-corrected chi connectivity index (χ4v) is 4.77. The van der Waals surface area contributed by atoms with E-state index in [-0.39, 0.29) is 34.9 Å². The highest BCUT2D eigenvalue weighted by atomic mass is 32.1. The number of hydrogen-bond donors (Lipinski definition) is 3. The van der Waals surface area contributed by atoms with Crippen molar-refractivity contribution in [2.24, 2.45) is 11.3 Å². The average Bonchev–Trinajstić information content (AvgIpc) is 3.22. The van der Waals surface area contributed by atoms with E-state index in [0.29, 0.717) is 38.2 Å². The molecule has 3 rings (SSSR count). The molecule has 1 unspecified atom stereocenters. The Morgan fingerprint density at radius 2 is 1.87 bits per heavy atom. The van der Waals surface area contributed by atoms with Gasteiger partial charge in [0.1, 0.15) is 5.75 Å². The molecule has 0 saturated carbocycles. The minimum atomic E-state index is -0.114. The second-order valence-electron chi connectivity index (χ2n) is 8.94. The molecule has 1 fully saturated rings. The van der Waals surface area contributed by atoms with Crippen LogP contribution < -0.4 is 10.6 Å². The van der Waals surface area contributed by atoms with Crippen molar-refractivity contribution in [3.8, 4) is 5.75 Å². The van der Waals surface area contributed by atoms with Crippen LogP contribution in [0.3, 0.4) is 0 Å². The third kappa shape index (κ3) is 5.83. The third-order valence-electron chi connectivity index (χ3n) is 5.49. The Morgan fingerprint density at radius 1 is 1.17 bits per heavy atom. The number of aromatic hydroxyl groups is 1. The Morgan fingerprint density at radius 3 is 2.47 bits per heavy atom. The van der Waals surface area contributed by atoms with Gasteiger partial charge in [-0.25, -0.2) is 0 Å². The molecule has 1 aliphatic heterocycles. The molecule has 6 nitrogen and oxygen atoms in total. The molecule has 162 valence electrons. The van der Waals surface area contributed by atoms with Crippen molar-refractivity contribution in [2.75, 3.05) is 25.0 Å². The Labute approximate surface area is 182 Å². The normalized spacial score (nSPS) is 16.8. The average molecular weight is 430 g/mol. The van der Waals surface area contributed by atoms with Crippen molar-refractivity contribution in [3.63, 3.8) is 0 Å². The summed E-state index contributed by atoms with van der Waals surface area (Å²) in [6, 6.07) is 10.8. The topological polar surface area (TPSA) is 81.7 Å². The van der Waals surface area contributed by atoms with Gasteiger partial charge in [-0.05, 0) is 54.9 Å². The maximum absolute atomic E-state index is 12.7. The quantitative estimate of drug-likeness (QED) is 0.606. The van der Waals surface area contributed by atoms with Crippen LogP contribution >= 0.6 is 11.3 Å². The van der Waals surface area contributed by atoms with E-state index in [0.717, 1.165) is 4.88 Å². The molecule has 0 bridgehead atoms.